The summed E-state index contributed by atoms with van der Waals surface area (Å²) in [6, 6.07) is 6.54. The van der Waals surface area contributed by atoms with Crippen molar-refractivity contribution in [1.29, 1.82) is 0 Å². The van der Waals surface area contributed by atoms with Crippen LogP contribution in [0.1, 0.15) is 32.4 Å². The van der Waals surface area contributed by atoms with E-state index in [1.54, 1.807) is 0 Å². The largest absolute Gasteiger partial charge is 0.337 e. The van der Waals surface area contributed by atoms with E-state index in [9.17, 15) is 0 Å². The topological polar surface area (TPSA) is 45.5 Å². The summed E-state index contributed by atoms with van der Waals surface area (Å²) in [5, 5.41) is 8.15. The monoisotopic (exact) mass is 287 g/mol. The number of piperidine rings is 1. The predicted molar refractivity (Wildman–Crippen MR) is 85.8 cm³/mol. The third kappa shape index (κ3) is 3.02. The summed E-state index contributed by atoms with van der Waals surface area (Å²) in [6.45, 7) is 9.83. The van der Waals surface area contributed by atoms with Crippen LogP contribution in [0.4, 0.5) is 5.95 Å². The second kappa shape index (κ2) is 6.02. The van der Waals surface area contributed by atoms with Crippen LogP contribution in [0.5, 0.6) is 0 Å². The van der Waals surface area contributed by atoms with Crippen molar-refractivity contribution < 1.29 is 0 Å². The number of fused-ring (bicyclic) bond motifs is 1. The lowest BCUT2D eigenvalue weighted by Crippen LogP contribution is -2.40. The molecule has 1 fully saturated rings. The van der Waals surface area contributed by atoms with E-state index in [1.165, 1.54) is 12.8 Å². The Kier molecular flexibility index (Phi) is 4.10. The molecule has 3 rings (SSSR count). The number of anilines is 1. The molecule has 2 aromatic heterocycles. The van der Waals surface area contributed by atoms with E-state index in [2.05, 4.69) is 37.1 Å². The Bertz CT molecular complexity index is 598. The van der Waals surface area contributed by atoms with Crippen LogP contribution < -0.4 is 10.2 Å². The standard InChI is InChI=1S/C16H25N5/c1-12(2)20(11-14-7-9-17-10-8-14)16-18-15-6-4-5-13(3)21(15)19-16/h4-6,12,14,17H,7-11H2,1-3H3. The van der Waals surface area contributed by atoms with Gasteiger partial charge in [0.25, 0.3) is 0 Å². The minimum Gasteiger partial charge on any atom is -0.337 e. The molecule has 1 aliphatic heterocycles. The number of hydrogen-bond acceptors (Lipinski definition) is 4. The van der Waals surface area contributed by atoms with Crippen LogP contribution in [0.2, 0.25) is 0 Å². The molecule has 0 unspecified atom stereocenters. The Morgan fingerprint density at radius 3 is 2.76 bits per heavy atom. The fourth-order valence-corrected chi connectivity index (χ4v) is 3.01. The molecule has 0 amide bonds. The first-order valence-electron chi connectivity index (χ1n) is 7.95. The van der Waals surface area contributed by atoms with E-state index >= 15 is 0 Å². The number of aromatic nitrogens is 3. The molecule has 0 saturated carbocycles. The number of nitrogens with one attached hydrogen (secondary N) is 1. The van der Waals surface area contributed by atoms with Crippen LogP contribution in [0, 0.1) is 12.8 Å². The van der Waals surface area contributed by atoms with Crippen molar-refractivity contribution in [1.82, 2.24) is 19.9 Å². The summed E-state index contributed by atoms with van der Waals surface area (Å²) < 4.78 is 1.94. The maximum Gasteiger partial charge on any atom is 0.245 e. The zero-order valence-corrected chi connectivity index (χ0v) is 13.2. The first kappa shape index (κ1) is 14.3. The number of aryl methyl sites for hydroxylation is 1. The summed E-state index contributed by atoms with van der Waals surface area (Å²) in [5.41, 5.74) is 2.05. The Balaban J connectivity index is 1.86. The molecule has 5 nitrogen and oxygen atoms in total. The quantitative estimate of drug-likeness (QED) is 0.937. The predicted octanol–water partition coefficient (Wildman–Crippen LogP) is 2.25. The fraction of sp³-hybridized carbons (Fsp3) is 0.625. The third-order valence-electron chi connectivity index (χ3n) is 4.33. The molecule has 114 valence electrons. The summed E-state index contributed by atoms with van der Waals surface area (Å²) in [5.74, 6) is 1.60. The number of hydrogen-bond donors (Lipinski definition) is 1. The van der Waals surface area contributed by atoms with Crippen LogP contribution in [-0.2, 0) is 0 Å². The molecule has 0 spiro atoms. The highest BCUT2D eigenvalue weighted by atomic mass is 15.4. The molecule has 0 aliphatic carbocycles. The smallest absolute Gasteiger partial charge is 0.245 e. The molecule has 3 heterocycles. The van der Waals surface area contributed by atoms with E-state index in [4.69, 9.17) is 10.1 Å². The van der Waals surface area contributed by atoms with Gasteiger partial charge in [0.05, 0.1) is 0 Å². The van der Waals surface area contributed by atoms with Crippen molar-refractivity contribution in [3.05, 3.63) is 23.9 Å². The molecule has 1 saturated heterocycles. The summed E-state index contributed by atoms with van der Waals surface area (Å²) >= 11 is 0. The average Bonchev–Trinajstić information content (AvgIpc) is 2.91. The molecule has 0 bridgehead atoms. The Labute approximate surface area is 126 Å². The average molecular weight is 287 g/mol. The van der Waals surface area contributed by atoms with E-state index in [-0.39, 0.29) is 0 Å². The van der Waals surface area contributed by atoms with Gasteiger partial charge in [0, 0.05) is 18.3 Å². The van der Waals surface area contributed by atoms with Gasteiger partial charge in [0.2, 0.25) is 5.95 Å². The molecule has 1 N–H and O–H groups in total. The van der Waals surface area contributed by atoms with Gasteiger partial charge in [-0.05, 0) is 64.8 Å². The maximum absolute atomic E-state index is 4.72. The van der Waals surface area contributed by atoms with Gasteiger partial charge in [-0.25, -0.2) is 4.52 Å². The Morgan fingerprint density at radius 1 is 1.33 bits per heavy atom. The zero-order chi connectivity index (χ0) is 14.8. The molecule has 2 aromatic rings. The molecule has 1 aliphatic rings. The lowest BCUT2D eigenvalue weighted by Gasteiger charge is -2.32. The third-order valence-corrected chi connectivity index (χ3v) is 4.33. The molecule has 21 heavy (non-hydrogen) atoms. The molecule has 5 heteroatoms. The van der Waals surface area contributed by atoms with Crippen LogP contribution in [0.3, 0.4) is 0 Å². The highest BCUT2D eigenvalue weighted by molar-refractivity contribution is 5.46. The van der Waals surface area contributed by atoms with Crippen LogP contribution in [-0.4, -0.2) is 40.3 Å². The molecular weight excluding hydrogens is 262 g/mol. The second-order valence-corrected chi connectivity index (χ2v) is 6.29. The fourth-order valence-electron chi connectivity index (χ4n) is 3.01. The van der Waals surface area contributed by atoms with E-state index < -0.39 is 0 Å². The van der Waals surface area contributed by atoms with Crippen molar-refractivity contribution >= 4 is 11.6 Å². The maximum atomic E-state index is 4.72. The van der Waals surface area contributed by atoms with E-state index in [0.29, 0.717) is 6.04 Å². The van der Waals surface area contributed by atoms with Crippen molar-refractivity contribution in [2.75, 3.05) is 24.5 Å². The van der Waals surface area contributed by atoms with Gasteiger partial charge in [0.15, 0.2) is 5.65 Å². The molecule has 0 radical (unpaired) electrons. The van der Waals surface area contributed by atoms with E-state index in [0.717, 1.165) is 42.8 Å². The highest BCUT2D eigenvalue weighted by Gasteiger charge is 2.22. The minimum atomic E-state index is 0.414. The zero-order valence-electron chi connectivity index (χ0n) is 13.2. The normalized spacial score (nSPS) is 16.8. The van der Waals surface area contributed by atoms with E-state index in [1.807, 2.05) is 16.6 Å². The number of rotatable bonds is 4. The second-order valence-electron chi connectivity index (χ2n) is 6.29. The lowest BCUT2D eigenvalue weighted by atomic mass is 9.97. The van der Waals surface area contributed by atoms with Crippen molar-refractivity contribution in [2.45, 2.75) is 39.7 Å². The van der Waals surface area contributed by atoms with Crippen LogP contribution in [0.25, 0.3) is 5.65 Å². The van der Waals surface area contributed by atoms with Gasteiger partial charge in [0.1, 0.15) is 0 Å². The van der Waals surface area contributed by atoms with Crippen molar-refractivity contribution in [3.8, 4) is 0 Å². The SMILES string of the molecule is Cc1cccc2nc(N(CC3CCNCC3)C(C)C)nn12. The van der Waals surface area contributed by atoms with Gasteiger partial charge in [-0.3, -0.25) is 0 Å². The van der Waals surface area contributed by atoms with Gasteiger partial charge in [-0.2, -0.15) is 4.98 Å². The Morgan fingerprint density at radius 2 is 2.10 bits per heavy atom. The number of pyridine rings is 1. The van der Waals surface area contributed by atoms with Gasteiger partial charge in [-0.15, -0.1) is 5.10 Å². The Hall–Kier alpha value is -1.62. The van der Waals surface area contributed by atoms with Gasteiger partial charge >= 0.3 is 0 Å². The highest BCUT2D eigenvalue weighted by Crippen LogP contribution is 2.20. The first-order valence-corrected chi connectivity index (χ1v) is 7.95. The number of nitrogens with zero attached hydrogens (tertiary/aromatic N) is 4. The van der Waals surface area contributed by atoms with Gasteiger partial charge < -0.3 is 10.2 Å². The van der Waals surface area contributed by atoms with Crippen LogP contribution in [0.15, 0.2) is 18.2 Å². The van der Waals surface area contributed by atoms with Gasteiger partial charge in [-0.1, -0.05) is 6.07 Å². The lowest BCUT2D eigenvalue weighted by molar-refractivity contribution is 0.366. The molecule has 0 atom stereocenters. The summed E-state index contributed by atoms with van der Waals surface area (Å²) in [6.07, 6.45) is 2.49. The summed E-state index contributed by atoms with van der Waals surface area (Å²) in [7, 11) is 0. The van der Waals surface area contributed by atoms with Crippen LogP contribution >= 0.6 is 0 Å². The summed E-state index contributed by atoms with van der Waals surface area (Å²) in [4.78, 5) is 7.07. The minimum absolute atomic E-state index is 0.414. The van der Waals surface area contributed by atoms with Crippen molar-refractivity contribution in [3.63, 3.8) is 0 Å². The molecular formula is C16H25N5. The first-order chi connectivity index (χ1) is 10.1. The molecule has 0 aromatic carbocycles. The van der Waals surface area contributed by atoms with Crippen molar-refractivity contribution in [2.24, 2.45) is 5.92 Å².